The van der Waals surface area contributed by atoms with Crippen molar-refractivity contribution in [2.75, 3.05) is 6.61 Å². The smallest absolute Gasteiger partial charge is 0.217 e. The van der Waals surface area contributed by atoms with Crippen LogP contribution in [0.3, 0.4) is 0 Å². The number of aliphatic imine (C=N–C) groups is 1. The molecule has 4 rings (SSSR count). The molecule has 0 aliphatic carbocycles. The Morgan fingerprint density at radius 3 is 1.92 bits per heavy atom. The first kappa shape index (κ1) is 16.1. The summed E-state index contributed by atoms with van der Waals surface area (Å²) in [5.41, 5.74) is 1.12. The summed E-state index contributed by atoms with van der Waals surface area (Å²) in [5, 5.41) is 3.97. The first-order valence-electron chi connectivity index (χ1n) is 8.53. The lowest BCUT2D eigenvalue weighted by Crippen LogP contribution is -2.25. The van der Waals surface area contributed by atoms with Crippen LogP contribution >= 0.6 is 7.92 Å². The Morgan fingerprint density at radius 2 is 1.36 bits per heavy atom. The molecule has 3 heteroatoms. The van der Waals surface area contributed by atoms with Gasteiger partial charge in [0, 0.05) is 5.56 Å². The van der Waals surface area contributed by atoms with Crippen LogP contribution in [0.25, 0.3) is 0 Å². The van der Waals surface area contributed by atoms with E-state index in [1.54, 1.807) is 0 Å². The number of ether oxygens (including phenoxy) is 1. The Hall–Kier alpha value is -2.44. The zero-order chi connectivity index (χ0) is 17.1. The zero-order valence-corrected chi connectivity index (χ0v) is 15.1. The summed E-state index contributed by atoms with van der Waals surface area (Å²) in [6.45, 7) is 2.76. The molecule has 1 atom stereocenters. The molecule has 1 aliphatic rings. The molecule has 124 valence electrons. The lowest BCUT2D eigenvalue weighted by Gasteiger charge is -2.22. The number of benzene rings is 3. The van der Waals surface area contributed by atoms with E-state index < -0.39 is 7.92 Å². The molecule has 1 aliphatic heterocycles. The summed E-state index contributed by atoms with van der Waals surface area (Å²) < 4.78 is 5.87. The second kappa shape index (κ2) is 7.21. The third-order valence-corrected chi connectivity index (χ3v) is 6.70. The molecule has 3 aromatic rings. The van der Waals surface area contributed by atoms with Crippen molar-refractivity contribution in [3.63, 3.8) is 0 Å². The quantitative estimate of drug-likeness (QED) is 0.662. The monoisotopic (exact) mass is 345 g/mol. The van der Waals surface area contributed by atoms with E-state index in [9.17, 15) is 0 Å². The molecule has 1 heterocycles. The molecule has 3 aromatic carbocycles. The van der Waals surface area contributed by atoms with E-state index in [0.29, 0.717) is 6.61 Å². The average molecular weight is 345 g/mol. The molecule has 25 heavy (non-hydrogen) atoms. The van der Waals surface area contributed by atoms with Gasteiger partial charge in [0.25, 0.3) is 0 Å². The van der Waals surface area contributed by atoms with Crippen LogP contribution in [0.2, 0.25) is 0 Å². The molecule has 0 spiro atoms. The van der Waals surface area contributed by atoms with Gasteiger partial charge >= 0.3 is 0 Å². The summed E-state index contributed by atoms with van der Waals surface area (Å²) in [5.74, 6) is 0.780. The van der Waals surface area contributed by atoms with Gasteiger partial charge in [-0.3, -0.25) is 0 Å². The van der Waals surface area contributed by atoms with Crippen molar-refractivity contribution in [2.45, 2.75) is 13.0 Å². The minimum atomic E-state index is -0.658. The largest absolute Gasteiger partial charge is 0.475 e. The molecule has 0 saturated carbocycles. The van der Waals surface area contributed by atoms with Crippen LogP contribution in [0.5, 0.6) is 0 Å². The molecule has 2 nitrogen and oxygen atoms in total. The van der Waals surface area contributed by atoms with E-state index in [0.717, 1.165) is 11.5 Å². The molecular formula is C22H20NOP. The molecule has 0 fully saturated rings. The number of hydrogen-bond acceptors (Lipinski definition) is 2. The number of hydrogen-bond donors (Lipinski definition) is 0. The second-order valence-corrected chi connectivity index (χ2v) is 8.30. The Balaban J connectivity index is 1.88. The molecule has 0 radical (unpaired) electrons. The highest BCUT2D eigenvalue weighted by Gasteiger charge is 2.24. The molecule has 0 amide bonds. The lowest BCUT2D eigenvalue weighted by atomic mass is 10.2. The van der Waals surface area contributed by atoms with Crippen LogP contribution in [0.4, 0.5) is 0 Å². The SMILES string of the molecule is CC1COC(c2ccccc2P(c2ccccc2)c2ccccc2)=N1. The van der Waals surface area contributed by atoms with Gasteiger partial charge in [-0.1, -0.05) is 78.9 Å². The fourth-order valence-corrected chi connectivity index (χ4v) is 5.49. The first-order chi connectivity index (χ1) is 12.3. The van der Waals surface area contributed by atoms with Crippen LogP contribution in [0.15, 0.2) is 89.9 Å². The summed E-state index contributed by atoms with van der Waals surface area (Å²) in [6, 6.07) is 30.2. The van der Waals surface area contributed by atoms with Crippen molar-refractivity contribution in [3.05, 3.63) is 90.5 Å². The van der Waals surface area contributed by atoms with E-state index in [1.807, 2.05) is 0 Å². The predicted molar refractivity (Wildman–Crippen MR) is 107 cm³/mol. The van der Waals surface area contributed by atoms with Gasteiger partial charge in [0.05, 0.1) is 6.04 Å². The van der Waals surface area contributed by atoms with Crippen molar-refractivity contribution in [1.82, 2.24) is 0 Å². The Morgan fingerprint density at radius 1 is 0.800 bits per heavy atom. The van der Waals surface area contributed by atoms with Crippen LogP contribution in [0, 0.1) is 0 Å². The first-order valence-corrected chi connectivity index (χ1v) is 9.87. The third-order valence-electron chi connectivity index (χ3n) is 4.20. The highest BCUT2D eigenvalue weighted by Crippen LogP contribution is 2.34. The van der Waals surface area contributed by atoms with Gasteiger partial charge in [-0.2, -0.15) is 0 Å². The van der Waals surface area contributed by atoms with Crippen molar-refractivity contribution >= 4 is 29.7 Å². The standard InChI is InChI=1S/C22H20NOP/c1-17-16-24-22(23-17)20-14-8-9-15-21(20)25(18-10-4-2-5-11-18)19-12-6-3-7-13-19/h2-15,17H,16H2,1H3. The van der Waals surface area contributed by atoms with Gasteiger partial charge in [0.2, 0.25) is 5.90 Å². The molecule has 0 aromatic heterocycles. The van der Waals surface area contributed by atoms with Gasteiger partial charge in [-0.15, -0.1) is 0 Å². The zero-order valence-electron chi connectivity index (χ0n) is 14.2. The molecule has 0 bridgehead atoms. The molecular weight excluding hydrogens is 325 g/mol. The Bertz CT molecular complexity index is 837. The maximum absolute atomic E-state index is 5.87. The summed E-state index contributed by atoms with van der Waals surface area (Å²) in [4.78, 5) is 4.69. The summed E-state index contributed by atoms with van der Waals surface area (Å²) in [7, 11) is -0.658. The van der Waals surface area contributed by atoms with Crippen LogP contribution in [-0.4, -0.2) is 18.5 Å². The van der Waals surface area contributed by atoms with Crippen molar-refractivity contribution < 1.29 is 4.74 Å². The van der Waals surface area contributed by atoms with E-state index in [-0.39, 0.29) is 6.04 Å². The lowest BCUT2D eigenvalue weighted by molar-refractivity contribution is 0.324. The van der Waals surface area contributed by atoms with E-state index >= 15 is 0 Å². The predicted octanol–water partition coefficient (Wildman–Crippen LogP) is 3.61. The van der Waals surface area contributed by atoms with Crippen LogP contribution < -0.4 is 15.9 Å². The highest BCUT2D eigenvalue weighted by molar-refractivity contribution is 7.80. The summed E-state index contributed by atoms with van der Waals surface area (Å²) >= 11 is 0. The Kier molecular flexibility index (Phi) is 4.63. The minimum Gasteiger partial charge on any atom is -0.475 e. The van der Waals surface area contributed by atoms with Crippen LogP contribution in [-0.2, 0) is 4.74 Å². The fraction of sp³-hybridized carbons (Fsp3) is 0.136. The summed E-state index contributed by atoms with van der Waals surface area (Å²) in [6.07, 6.45) is 0. The van der Waals surface area contributed by atoms with E-state index in [1.165, 1.54) is 15.9 Å². The maximum Gasteiger partial charge on any atom is 0.217 e. The van der Waals surface area contributed by atoms with Crippen molar-refractivity contribution in [2.24, 2.45) is 4.99 Å². The normalized spacial score (nSPS) is 16.6. The molecule has 0 saturated heterocycles. The van der Waals surface area contributed by atoms with Gasteiger partial charge < -0.3 is 4.74 Å². The Labute approximate surface area is 150 Å². The van der Waals surface area contributed by atoms with E-state index in [4.69, 9.17) is 9.73 Å². The van der Waals surface area contributed by atoms with E-state index in [2.05, 4.69) is 91.9 Å². The van der Waals surface area contributed by atoms with Gasteiger partial charge in [0.1, 0.15) is 6.61 Å². The maximum atomic E-state index is 5.87. The topological polar surface area (TPSA) is 21.6 Å². The fourth-order valence-electron chi connectivity index (χ4n) is 3.05. The minimum absolute atomic E-state index is 0.225. The second-order valence-electron chi connectivity index (χ2n) is 6.12. The molecule has 1 unspecified atom stereocenters. The number of rotatable bonds is 4. The third kappa shape index (κ3) is 3.36. The van der Waals surface area contributed by atoms with Gasteiger partial charge in [0.15, 0.2) is 0 Å². The highest BCUT2D eigenvalue weighted by atomic mass is 31.1. The van der Waals surface area contributed by atoms with Crippen LogP contribution in [0.1, 0.15) is 12.5 Å². The average Bonchev–Trinajstić information content (AvgIpc) is 3.10. The number of nitrogens with zero attached hydrogens (tertiary/aromatic N) is 1. The molecule has 0 N–H and O–H groups in total. The van der Waals surface area contributed by atoms with Gasteiger partial charge in [-0.05, 0) is 36.8 Å². The van der Waals surface area contributed by atoms with Gasteiger partial charge in [-0.25, -0.2) is 4.99 Å². The van der Waals surface area contributed by atoms with Crippen molar-refractivity contribution in [3.8, 4) is 0 Å². The van der Waals surface area contributed by atoms with Crippen molar-refractivity contribution in [1.29, 1.82) is 0 Å².